The van der Waals surface area contributed by atoms with Gasteiger partial charge in [-0.15, -0.1) is 0 Å². The molecule has 3 saturated carbocycles. The summed E-state index contributed by atoms with van der Waals surface area (Å²) >= 11 is 0. The molecule has 3 aliphatic carbocycles. The van der Waals surface area contributed by atoms with E-state index in [1.807, 2.05) is 0 Å². The number of nitrogens with one attached hydrogen (secondary N) is 2. The van der Waals surface area contributed by atoms with Crippen LogP contribution < -0.4 is 10.0 Å². The topological polar surface area (TPSA) is 92.3 Å². The van der Waals surface area contributed by atoms with Crippen molar-refractivity contribution < 1.29 is 18.0 Å². The van der Waals surface area contributed by atoms with E-state index in [-0.39, 0.29) is 11.8 Å². The summed E-state index contributed by atoms with van der Waals surface area (Å²) in [6, 6.07) is 0. The molecule has 2 N–H and O–H groups in total. The summed E-state index contributed by atoms with van der Waals surface area (Å²) in [5, 5.41) is 2.24. The van der Waals surface area contributed by atoms with Crippen molar-refractivity contribution in [1.29, 1.82) is 0 Å². The van der Waals surface area contributed by atoms with E-state index in [0.717, 1.165) is 12.8 Å². The summed E-state index contributed by atoms with van der Waals surface area (Å²) in [6.45, 7) is 1.35. The van der Waals surface area contributed by atoms with Gasteiger partial charge in [0.25, 0.3) is 5.91 Å². The molecular weight excluding hydrogens is 268 g/mol. The second kappa shape index (κ2) is 3.94. The predicted molar refractivity (Wildman–Crippen MR) is 67.5 cm³/mol. The normalized spacial score (nSPS) is 33.6. The largest absolute Gasteiger partial charge is 0.342 e. The van der Waals surface area contributed by atoms with Gasteiger partial charge in [-0.25, -0.2) is 8.42 Å². The Morgan fingerprint density at radius 2 is 1.79 bits per heavy atom. The lowest BCUT2D eigenvalue weighted by atomic mass is 10.1. The number of amides is 2. The van der Waals surface area contributed by atoms with Gasteiger partial charge in [0.1, 0.15) is 5.54 Å². The van der Waals surface area contributed by atoms with E-state index < -0.39 is 26.7 Å². The molecule has 0 radical (unpaired) electrons. The molecule has 0 heterocycles. The number of sulfonamides is 1. The van der Waals surface area contributed by atoms with E-state index in [2.05, 4.69) is 10.0 Å². The van der Waals surface area contributed by atoms with Gasteiger partial charge >= 0.3 is 0 Å². The molecule has 106 valence electrons. The van der Waals surface area contributed by atoms with Crippen LogP contribution in [-0.2, 0) is 19.6 Å². The highest BCUT2D eigenvalue weighted by atomic mass is 32.2. The molecule has 0 aromatic heterocycles. The first-order valence-electron chi connectivity index (χ1n) is 6.70. The van der Waals surface area contributed by atoms with E-state index in [0.29, 0.717) is 25.2 Å². The quantitative estimate of drug-likeness (QED) is 0.738. The zero-order valence-corrected chi connectivity index (χ0v) is 11.6. The van der Waals surface area contributed by atoms with Crippen LogP contribution in [0, 0.1) is 11.8 Å². The molecule has 2 unspecified atom stereocenters. The van der Waals surface area contributed by atoms with Crippen molar-refractivity contribution in [3.8, 4) is 0 Å². The van der Waals surface area contributed by atoms with Gasteiger partial charge in [0, 0.05) is 6.92 Å². The summed E-state index contributed by atoms with van der Waals surface area (Å²) in [6.07, 6.45) is 3.91. The van der Waals surface area contributed by atoms with Crippen LogP contribution in [0.25, 0.3) is 0 Å². The van der Waals surface area contributed by atoms with Crippen molar-refractivity contribution in [2.24, 2.45) is 11.8 Å². The average Bonchev–Trinajstić information content (AvgIpc) is 3.07. The molecule has 3 rings (SSSR count). The zero-order valence-electron chi connectivity index (χ0n) is 10.8. The average molecular weight is 286 g/mol. The molecule has 0 aromatic carbocycles. The second-order valence-electron chi connectivity index (χ2n) is 5.98. The molecule has 2 amide bonds. The fourth-order valence-electron chi connectivity index (χ4n) is 2.81. The minimum absolute atomic E-state index is 0.103. The third-order valence-electron chi connectivity index (χ3n) is 4.21. The van der Waals surface area contributed by atoms with E-state index >= 15 is 0 Å². The van der Waals surface area contributed by atoms with Crippen molar-refractivity contribution in [1.82, 2.24) is 10.0 Å². The van der Waals surface area contributed by atoms with Gasteiger partial charge in [0.15, 0.2) is 0 Å². The molecule has 7 heteroatoms. The van der Waals surface area contributed by atoms with Gasteiger partial charge in [0.2, 0.25) is 15.9 Å². The van der Waals surface area contributed by atoms with Crippen molar-refractivity contribution in [2.75, 3.05) is 0 Å². The Balaban J connectivity index is 1.73. The lowest BCUT2D eigenvalue weighted by molar-refractivity contribution is -0.128. The van der Waals surface area contributed by atoms with Crippen molar-refractivity contribution in [2.45, 2.75) is 49.8 Å². The monoisotopic (exact) mass is 286 g/mol. The van der Waals surface area contributed by atoms with Crippen LogP contribution >= 0.6 is 0 Å². The van der Waals surface area contributed by atoms with Gasteiger partial charge in [0.05, 0.1) is 5.25 Å². The molecule has 0 bridgehead atoms. The summed E-state index contributed by atoms with van der Waals surface area (Å²) in [4.78, 5) is 23.5. The summed E-state index contributed by atoms with van der Waals surface area (Å²) < 4.78 is 25.8. The zero-order chi connectivity index (χ0) is 13.8. The van der Waals surface area contributed by atoms with Crippen LogP contribution in [0.2, 0.25) is 0 Å². The van der Waals surface area contributed by atoms with Gasteiger partial charge in [-0.05, 0) is 43.9 Å². The van der Waals surface area contributed by atoms with Crippen molar-refractivity contribution >= 4 is 21.8 Å². The highest BCUT2D eigenvalue weighted by Crippen LogP contribution is 2.57. The minimum Gasteiger partial charge on any atom is -0.342 e. The Bertz CT molecular complexity index is 536. The van der Waals surface area contributed by atoms with E-state index in [1.54, 1.807) is 0 Å². The lowest BCUT2D eigenvalue weighted by Gasteiger charge is -2.18. The molecule has 19 heavy (non-hydrogen) atoms. The first kappa shape index (κ1) is 12.9. The van der Waals surface area contributed by atoms with Gasteiger partial charge < -0.3 is 5.32 Å². The van der Waals surface area contributed by atoms with Gasteiger partial charge in [-0.1, -0.05) is 0 Å². The van der Waals surface area contributed by atoms with E-state index in [1.165, 1.54) is 6.92 Å². The van der Waals surface area contributed by atoms with Crippen LogP contribution in [0.4, 0.5) is 0 Å². The standard InChI is InChI=1S/C12H18N2O4S/c1-7(15)13-12(6-10(12)8-2-3-8)11(16)14-19(17,18)9-4-5-9/h8-10H,2-6H2,1H3,(H,13,15)(H,14,16). The van der Waals surface area contributed by atoms with Crippen LogP contribution in [-0.4, -0.2) is 31.0 Å². The number of hydrogen-bond acceptors (Lipinski definition) is 4. The Morgan fingerprint density at radius 3 is 2.26 bits per heavy atom. The van der Waals surface area contributed by atoms with Crippen molar-refractivity contribution in [3.05, 3.63) is 0 Å². The number of rotatable bonds is 5. The number of carbonyl (C=O) groups is 2. The number of carbonyl (C=O) groups excluding carboxylic acids is 2. The maximum absolute atomic E-state index is 12.2. The molecule has 0 saturated heterocycles. The number of hydrogen-bond donors (Lipinski definition) is 2. The smallest absolute Gasteiger partial charge is 0.259 e. The van der Waals surface area contributed by atoms with Crippen LogP contribution in [0.5, 0.6) is 0 Å². The fourth-order valence-corrected chi connectivity index (χ4v) is 4.18. The minimum atomic E-state index is -3.54. The molecule has 0 spiro atoms. The SMILES string of the molecule is CC(=O)NC1(C(=O)NS(=O)(=O)C2CC2)CC1C1CC1. The second-order valence-corrected chi connectivity index (χ2v) is 7.94. The highest BCUT2D eigenvalue weighted by Gasteiger charge is 2.66. The van der Waals surface area contributed by atoms with E-state index in [9.17, 15) is 18.0 Å². The first-order chi connectivity index (χ1) is 8.85. The fraction of sp³-hybridized carbons (Fsp3) is 0.833. The maximum Gasteiger partial charge on any atom is 0.259 e. The predicted octanol–water partition coefficient (Wildman–Crippen LogP) is -0.100. The van der Waals surface area contributed by atoms with E-state index in [4.69, 9.17) is 0 Å². The Kier molecular flexibility index (Phi) is 2.68. The van der Waals surface area contributed by atoms with Crippen LogP contribution in [0.3, 0.4) is 0 Å². The molecule has 0 aromatic rings. The van der Waals surface area contributed by atoms with Gasteiger partial charge in [-0.3, -0.25) is 14.3 Å². The maximum atomic E-state index is 12.2. The summed E-state index contributed by atoms with van der Waals surface area (Å²) in [5.74, 6) is -0.277. The van der Waals surface area contributed by atoms with Crippen LogP contribution in [0.1, 0.15) is 39.0 Å². The third-order valence-corrected chi connectivity index (χ3v) is 6.03. The molecular formula is C12H18N2O4S. The Morgan fingerprint density at radius 1 is 1.16 bits per heavy atom. The summed E-state index contributed by atoms with van der Waals surface area (Å²) in [7, 11) is -3.54. The molecule has 2 atom stereocenters. The Labute approximate surface area is 112 Å². The van der Waals surface area contributed by atoms with Crippen LogP contribution in [0.15, 0.2) is 0 Å². The Hall–Kier alpha value is -1.11. The highest BCUT2D eigenvalue weighted by molar-refractivity contribution is 7.90. The first-order valence-corrected chi connectivity index (χ1v) is 8.24. The van der Waals surface area contributed by atoms with Crippen molar-refractivity contribution in [3.63, 3.8) is 0 Å². The molecule has 6 nitrogen and oxygen atoms in total. The molecule has 3 aliphatic rings. The molecule has 3 fully saturated rings. The van der Waals surface area contributed by atoms with Gasteiger partial charge in [-0.2, -0.15) is 0 Å². The third kappa shape index (κ3) is 2.35. The lowest BCUT2D eigenvalue weighted by Crippen LogP contribution is -2.52. The summed E-state index contributed by atoms with van der Waals surface area (Å²) in [5.41, 5.74) is -0.977. The molecule has 0 aliphatic heterocycles.